The minimum Gasteiger partial charge on any atom is -0.496 e. The number of hydrogen-bond donors (Lipinski definition) is 0. The van der Waals surface area contributed by atoms with Crippen molar-refractivity contribution in [2.24, 2.45) is 0 Å². The molecule has 0 bridgehead atoms. The van der Waals surface area contributed by atoms with Crippen LogP contribution in [0.3, 0.4) is 0 Å². The zero-order chi connectivity index (χ0) is 17.8. The molecule has 0 fully saturated rings. The number of rotatable bonds is 5. The average Bonchev–Trinajstić information content (AvgIpc) is 2.62. The van der Waals surface area contributed by atoms with Gasteiger partial charge in [-0.3, -0.25) is 4.98 Å². The molecule has 0 saturated heterocycles. The number of aromatic nitrogens is 2. The third-order valence-electron chi connectivity index (χ3n) is 3.75. The summed E-state index contributed by atoms with van der Waals surface area (Å²) in [6, 6.07) is 9.80. The van der Waals surface area contributed by atoms with Crippen LogP contribution in [0.25, 0.3) is 11.1 Å². The molecule has 3 rings (SSSR count). The van der Waals surface area contributed by atoms with Crippen LogP contribution < -0.4 is 9.47 Å². The monoisotopic (exact) mass is 342 g/mol. The SMILES string of the molecule is COc1ccncc1-c1cccnc1Oc1ccc(C(F)F)c(C)c1. The lowest BCUT2D eigenvalue weighted by Crippen LogP contribution is -1.96. The zero-order valence-corrected chi connectivity index (χ0v) is 13.7. The first kappa shape index (κ1) is 16.8. The molecular formula is C19H16F2N2O2. The number of halogens is 2. The fraction of sp³-hybridized carbons (Fsp3) is 0.158. The topological polar surface area (TPSA) is 44.2 Å². The third-order valence-corrected chi connectivity index (χ3v) is 3.75. The van der Waals surface area contributed by atoms with Crippen molar-refractivity contribution in [2.45, 2.75) is 13.3 Å². The number of alkyl halides is 2. The molecule has 1 aromatic carbocycles. The lowest BCUT2D eigenvalue weighted by atomic mass is 10.1. The van der Waals surface area contributed by atoms with Gasteiger partial charge in [-0.25, -0.2) is 13.8 Å². The van der Waals surface area contributed by atoms with Crippen molar-refractivity contribution < 1.29 is 18.3 Å². The van der Waals surface area contributed by atoms with Gasteiger partial charge in [-0.2, -0.15) is 0 Å². The van der Waals surface area contributed by atoms with Crippen molar-refractivity contribution in [1.29, 1.82) is 0 Å². The van der Waals surface area contributed by atoms with Crippen molar-refractivity contribution in [3.63, 3.8) is 0 Å². The molecule has 3 aromatic rings. The normalized spacial score (nSPS) is 10.8. The fourth-order valence-corrected chi connectivity index (χ4v) is 2.51. The van der Waals surface area contributed by atoms with Crippen molar-refractivity contribution in [1.82, 2.24) is 9.97 Å². The number of nitrogens with zero attached hydrogens (tertiary/aromatic N) is 2. The van der Waals surface area contributed by atoms with E-state index < -0.39 is 6.43 Å². The highest BCUT2D eigenvalue weighted by Crippen LogP contribution is 2.36. The highest BCUT2D eigenvalue weighted by molar-refractivity contribution is 5.73. The van der Waals surface area contributed by atoms with Crippen molar-refractivity contribution in [3.05, 3.63) is 66.1 Å². The quantitative estimate of drug-likeness (QED) is 0.640. The van der Waals surface area contributed by atoms with Gasteiger partial charge in [-0.05, 0) is 48.9 Å². The second kappa shape index (κ2) is 7.25. The summed E-state index contributed by atoms with van der Waals surface area (Å²) >= 11 is 0. The molecule has 0 aliphatic heterocycles. The van der Waals surface area contributed by atoms with E-state index in [1.165, 1.54) is 12.1 Å². The van der Waals surface area contributed by atoms with Gasteiger partial charge < -0.3 is 9.47 Å². The molecule has 0 unspecified atom stereocenters. The van der Waals surface area contributed by atoms with E-state index in [-0.39, 0.29) is 5.56 Å². The van der Waals surface area contributed by atoms with Crippen molar-refractivity contribution in [3.8, 4) is 28.5 Å². The molecule has 0 radical (unpaired) electrons. The predicted molar refractivity (Wildman–Crippen MR) is 90.2 cm³/mol. The Bertz CT molecular complexity index is 885. The first-order chi connectivity index (χ1) is 12.1. The van der Waals surface area contributed by atoms with Crippen LogP contribution >= 0.6 is 0 Å². The summed E-state index contributed by atoms with van der Waals surface area (Å²) in [7, 11) is 1.57. The number of aryl methyl sites for hydroxylation is 1. The fourth-order valence-electron chi connectivity index (χ4n) is 2.51. The maximum absolute atomic E-state index is 12.9. The van der Waals surface area contributed by atoms with E-state index in [4.69, 9.17) is 9.47 Å². The van der Waals surface area contributed by atoms with Crippen LogP contribution in [0.2, 0.25) is 0 Å². The van der Waals surface area contributed by atoms with Crippen LogP contribution in [0, 0.1) is 6.92 Å². The zero-order valence-electron chi connectivity index (χ0n) is 13.7. The van der Waals surface area contributed by atoms with Gasteiger partial charge in [0.25, 0.3) is 6.43 Å². The Kier molecular flexibility index (Phi) is 4.88. The number of methoxy groups -OCH3 is 1. The molecule has 0 saturated carbocycles. The van der Waals surface area contributed by atoms with Crippen LogP contribution in [0.15, 0.2) is 55.0 Å². The Labute approximate surface area is 144 Å². The van der Waals surface area contributed by atoms with Crippen molar-refractivity contribution in [2.75, 3.05) is 7.11 Å². The number of ether oxygens (including phenoxy) is 2. The number of benzene rings is 1. The first-order valence-corrected chi connectivity index (χ1v) is 7.60. The Morgan fingerprint density at radius 1 is 1.04 bits per heavy atom. The Hall–Kier alpha value is -3.02. The van der Waals surface area contributed by atoms with Crippen LogP contribution in [-0.2, 0) is 0 Å². The van der Waals surface area contributed by atoms with Gasteiger partial charge in [0.15, 0.2) is 0 Å². The highest BCUT2D eigenvalue weighted by Gasteiger charge is 2.15. The minimum atomic E-state index is -2.51. The molecule has 0 aliphatic rings. The number of hydrogen-bond acceptors (Lipinski definition) is 4. The second-order valence-corrected chi connectivity index (χ2v) is 5.35. The van der Waals surface area contributed by atoms with E-state index in [9.17, 15) is 8.78 Å². The van der Waals surface area contributed by atoms with Crippen molar-refractivity contribution >= 4 is 0 Å². The predicted octanol–water partition coefficient (Wildman–Crippen LogP) is 5.19. The Morgan fingerprint density at radius 2 is 1.88 bits per heavy atom. The minimum absolute atomic E-state index is 0.0116. The summed E-state index contributed by atoms with van der Waals surface area (Å²) in [4.78, 5) is 8.38. The van der Waals surface area contributed by atoms with Gasteiger partial charge in [0.2, 0.25) is 5.88 Å². The van der Waals surface area contributed by atoms with Crippen LogP contribution in [0.1, 0.15) is 17.6 Å². The van der Waals surface area contributed by atoms with Crippen LogP contribution in [0.5, 0.6) is 17.4 Å². The third kappa shape index (κ3) is 3.57. The summed E-state index contributed by atoms with van der Waals surface area (Å²) in [5.74, 6) is 1.42. The number of pyridine rings is 2. The van der Waals surface area contributed by atoms with E-state index in [2.05, 4.69) is 9.97 Å². The molecule has 25 heavy (non-hydrogen) atoms. The summed E-state index contributed by atoms with van der Waals surface area (Å²) in [6.07, 6.45) is 2.38. The standard InChI is InChI=1S/C19H16F2N2O2/c1-12-10-13(5-6-14(12)18(20)21)25-19-15(4-3-8-23-19)16-11-22-9-7-17(16)24-2/h3-11,18H,1-2H3. The Balaban J connectivity index is 1.98. The smallest absolute Gasteiger partial charge is 0.264 e. The lowest BCUT2D eigenvalue weighted by molar-refractivity contribution is 0.150. The van der Waals surface area contributed by atoms with Gasteiger partial charge >= 0.3 is 0 Å². The molecule has 6 heteroatoms. The average molecular weight is 342 g/mol. The van der Waals surface area contributed by atoms with Gasteiger partial charge in [0.05, 0.1) is 7.11 Å². The molecule has 2 heterocycles. The van der Waals surface area contributed by atoms with E-state index >= 15 is 0 Å². The van der Waals surface area contributed by atoms with Gasteiger partial charge in [0, 0.05) is 35.3 Å². The van der Waals surface area contributed by atoms with E-state index in [1.807, 2.05) is 6.07 Å². The van der Waals surface area contributed by atoms with E-state index in [1.54, 1.807) is 50.8 Å². The maximum atomic E-state index is 12.9. The maximum Gasteiger partial charge on any atom is 0.264 e. The van der Waals surface area contributed by atoms with E-state index in [0.717, 1.165) is 5.56 Å². The first-order valence-electron chi connectivity index (χ1n) is 7.60. The molecule has 2 aromatic heterocycles. The summed E-state index contributed by atoms with van der Waals surface area (Å²) in [5.41, 5.74) is 1.88. The molecular weight excluding hydrogens is 326 g/mol. The molecule has 4 nitrogen and oxygen atoms in total. The molecule has 128 valence electrons. The van der Waals surface area contributed by atoms with Crippen LogP contribution in [0.4, 0.5) is 8.78 Å². The summed E-state index contributed by atoms with van der Waals surface area (Å²) in [5, 5.41) is 0. The van der Waals surface area contributed by atoms with Gasteiger partial charge in [-0.15, -0.1) is 0 Å². The Morgan fingerprint density at radius 3 is 2.60 bits per heavy atom. The summed E-state index contributed by atoms with van der Waals surface area (Å²) < 4.78 is 37.0. The molecule has 0 N–H and O–H groups in total. The van der Waals surface area contributed by atoms with E-state index in [0.29, 0.717) is 28.5 Å². The molecule has 0 atom stereocenters. The highest BCUT2D eigenvalue weighted by atomic mass is 19.3. The van der Waals surface area contributed by atoms with Gasteiger partial charge in [-0.1, -0.05) is 0 Å². The largest absolute Gasteiger partial charge is 0.496 e. The summed E-state index contributed by atoms with van der Waals surface area (Å²) in [6.45, 7) is 1.62. The van der Waals surface area contributed by atoms with Gasteiger partial charge in [0.1, 0.15) is 11.5 Å². The molecule has 0 amide bonds. The molecule has 0 spiro atoms. The second-order valence-electron chi connectivity index (χ2n) is 5.35. The van der Waals surface area contributed by atoms with Crippen LogP contribution in [-0.4, -0.2) is 17.1 Å². The molecule has 0 aliphatic carbocycles. The lowest BCUT2D eigenvalue weighted by Gasteiger charge is -2.13.